The fourth-order valence-corrected chi connectivity index (χ4v) is 2.00. The minimum absolute atomic E-state index is 0.0560. The number of nitrogens with one attached hydrogen (secondary N) is 2. The van der Waals surface area contributed by atoms with Gasteiger partial charge in [0.1, 0.15) is 5.75 Å². The third-order valence-corrected chi connectivity index (χ3v) is 3.01. The quantitative estimate of drug-likeness (QED) is 0.765. The number of anilines is 1. The number of carbonyl (C=O) groups excluding carboxylic acids is 1. The van der Waals surface area contributed by atoms with Gasteiger partial charge in [0.2, 0.25) is 0 Å². The molecule has 23 heavy (non-hydrogen) atoms. The van der Waals surface area contributed by atoms with Crippen LogP contribution in [0.5, 0.6) is 5.75 Å². The number of hydrogen-bond acceptors (Lipinski definition) is 3. The monoisotopic (exact) mass is 322 g/mol. The molecular formula is C16H16F2N2O3. The summed E-state index contributed by atoms with van der Waals surface area (Å²) in [7, 11) is 0. The van der Waals surface area contributed by atoms with Crippen LogP contribution in [0, 0.1) is 0 Å². The van der Waals surface area contributed by atoms with E-state index in [4.69, 9.17) is 0 Å². The average Bonchev–Trinajstić information content (AvgIpc) is 2.53. The van der Waals surface area contributed by atoms with Crippen molar-refractivity contribution in [3.63, 3.8) is 0 Å². The molecule has 7 heteroatoms. The van der Waals surface area contributed by atoms with E-state index in [1.807, 2.05) is 6.07 Å². The van der Waals surface area contributed by atoms with Crippen molar-refractivity contribution in [2.45, 2.75) is 12.7 Å². The Balaban J connectivity index is 1.98. The van der Waals surface area contributed by atoms with Gasteiger partial charge in [0.05, 0.1) is 12.6 Å². The Kier molecular flexibility index (Phi) is 5.87. The molecule has 3 N–H and O–H groups in total. The molecule has 1 unspecified atom stereocenters. The fraction of sp³-hybridized carbons (Fsp3) is 0.188. The first-order valence-electron chi connectivity index (χ1n) is 6.86. The summed E-state index contributed by atoms with van der Waals surface area (Å²) in [5.41, 5.74) is 1.05. The standard InChI is InChI=1S/C16H16F2N2O3/c17-15(18)23-13-8-4-7-12(9-13)19-16(22)20-14(10-21)11-5-2-1-3-6-11/h1-9,14-15,21H,10H2,(H2,19,20,22). The molecular weight excluding hydrogens is 306 g/mol. The van der Waals surface area contributed by atoms with Crippen LogP contribution in [0.4, 0.5) is 19.3 Å². The summed E-state index contributed by atoms with van der Waals surface area (Å²) in [6, 6.07) is 13.5. The summed E-state index contributed by atoms with van der Waals surface area (Å²) in [5.74, 6) is -0.0560. The van der Waals surface area contributed by atoms with Gasteiger partial charge in [-0.25, -0.2) is 4.79 Å². The van der Waals surface area contributed by atoms with Crippen LogP contribution in [0.2, 0.25) is 0 Å². The molecule has 122 valence electrons. The smallest absolute Gasteiger partial charge is 0.387 e. The van der Waals surface area contributed by atoms with Crippen LogP contribution in [0.1, 0.15) is 11.6 Å². The van der Waals surface area contributed by atoms with Crippen molar-refractivity contribution in [2.24, 2.45) is 0 Å². The lowest BCUT2D eigenvalue weighted by atomic mass is 10.1. The Morgan fingerprint density at radius 3 is 2.52 bits per heavy atom. The predicted molar refractivity (Wildman–Crippen MR) is 81.5 cm³/mol. The van der Waals surface area contributed by atoms with Crippen LogP contribution < -0.4 is 15.4 Å². The zero-order valence-corrected chi connectivity index (χ0v) is 12.1. The van der Waals surface area contributed by atoms with Gasteiger partial charge in [-0.3, -0.25) is 0 Å². The van der Waals surface area contributed by atoms with E-state index in [0.717, 1.165) is 5.56 Å². The van der Waals surface area contributed by atoms with E-state index in [9.17, 15) is 18.7 Å². The van der Waals surface area contributed by atoms with Gasteiger partial charge in [-0.15, -0.1) is 0 Å². The maximum atomic E-state index is 12.2. The van der Waals surface area contributed by atoms with Gasteiger partial charge in [-0.1, -0.05) is 36.4 Å². The highest BCUT2D eigenvalue weighted by molar-refractivity contribution is 5.89. The van der Waals surface area contributed by atoms with E-state index in [1.54, 1.807) is 24.3 Å². The molecule has 0 spiro atoms. The molecule has 5 nitrogen and oxygen atoms in total. The summed E-state index contributed by atoms with van der Waals surface area (Å²) in [5, 5.41) is 14.5. The van der Waals surface area contributed by atoms with Crippen LogP contribution in [0.3, 0.4) is 0 Å². The number of aliphatic hydroxyl groups is 1. The molecule has 0 radical (unpaired) electrons. The Labute approximate surface area is 131 Å². The van der Waals surface area contributed by atoms with Crippen molar-refractivity contribution in [2.75, 3.05) is 11.9 Å². The van der Waals surface area contributed by atoms with Crippen molar-refractivity contribution in [1.29, 1.82) is 0 Å². The number of amides is 2. The van der Waals surface area contributed by atoms with Gasteiger partial charge in [0, 0.05) is 11.8 Å². The zero-order chi connectivity index (χ0) is 16.7. The normalized spacial score (nSPS) is 11.8. The van der Waals surface area contributed by atoms with Crippen LogP contribution in [0.15, 0.2) is 54.6 Å². The number of urea groups is 1. The molecule has 0 aliphatic heterocycles. The SMILES string of the molecule is O=C(Nc1cccc(OC(F)F)c1)NC(CO)c1ccccc1. The average molecular weight is 322 g/mol. The molecule has 0 saturated carbocycles. The van der Waals surface area contributed by atoms with Crippen LogP contribution in [-0.2, 0) is 0 Å². The predicted octanol–water partition coefficient (Wildman–Crippen LogP) is 3.14. The lowest BCUT2D eigenvalue weighted by Crippen LogP contribution is -2.34. The van der Waals surface area contributed by atoms with Gasteiger partial charge in [0.15, 0.2) is 0 Å². The van der Waals surface area contributed by atoms with E-state index in [0.29, 0.717) is 5.69 Å². The van der Waals surface area contributed by atoms with E-state index in [-0.39, 0.29) is 12.4 Å². The van der Waals surface area contributed by atoms with Gasteiger partial charge in [-0.05, 0) is 17.7 Å². The van der Waals surface area contributed by atoms with Crippen molar-refractivity contribution >= 4 is 11.7 Å². The topological polar surface area (TPSA) is 70.6 Å². The number of benzene rings is 2. The zero-order valence-electron chi connectivity index (χ0n) is 12.1. The van der Waals surface area contributed by atoms with Gasteiger partial charge < -0.3 is 20.5 Å². The first-order valence-corrected chi connectivity index (χ1v) is 6.86. The molecule has 0 fully saturated rings. The highest BCUT2D eigenvalue weighted by Crippen LogP contribution is 2.19. The lowest BCUT2D eigenvalue weighted by molar-refractivity contribution is -0.0497. The van der Waals surface area contributed by atoms with Gasteiger partial charge >= 0.3 is 12.6 Å². The molecule has 2 aromatic rings. The highest BCUT2D eigenvalue weighted by Gasteiger charge is 2.13. The maximum Gasteiger partial charge on any atom is 0.387 e. The van der Waals surface area contributed by atoms with Crippen LogP contribution >= 0.6 is 0 Å². The first kappa shape index (κ1) is 16.7. The molecule has 0 heterocycles. The van der Waals surface area contributed by atoms with E-state index < -0.39 is 18.7 Å². The number of rotatable bonds is 6. The summed E-state index contributed by atoms with van der Waals surface area (Å²) in [6.07, 6.45) is 0. The highest BCUT2D eigenvalue weighted by atomic mass is 19.3. The lowest BCUT2D eigenvalue weighted by Gasteiger charge is -2.17. The second kappa shape index (κ2) is 8.09. The van der Waals surface area contributed by atoms with Crippen molar-refractivity contribution in [1.82, 2.24) is 5.32 Å². The van der Waals surface area contributed by atoms with E-state index in [2.05, 4.69) is 15.4 Å². The molecule has 1 atom stereocenters. The molecule has 0 aliphatic rings. The summed E-state index contributed by atoms with van der Waals surface area (Å²) < 4.78 is 28.6. The molecule has 2 amide bonds. The summed E-state index contributed by atoms with van der Waals surface area (Å²) in [4.78, 5) is 12.0. The van der Waals surface area contributed by atoms with Crippen molar-refractivity contribution in [3.8, 4) is 5.75 Å². The van der Waals surface area contributed by atoms with Crippen molar-refractivity contribution in [3.05, 3.63) is 60.2 Å². The minimum atomic E-state index is -2.93. The third kappa shape index (κ3) is 5.23. The number of aliphatic hydroxyl groups excluding tert-OH is 1. The Morgan fingerprint density at radius 1 is 1.13 bits per heavy atom. The molecule has 2 aromatic carbocycles. The third-order valence-electron chi connectivity index (χ3n) is 3.01. The van der Waals surface area contributed by atoms with E-state index in [1.165, 1.54) is 24.3 Å². The molecule has 0 aromatic heterocycles. The molecule has 2 rings (SSSR count). The van der Waals surface area contributed by atoms with Crippen molar-refractivity contribution < 1.29 is 23.4 Å². The Morgan fingerprint density at radius 2 is 1.87 bits per heavy atom. The van der Waals surface area contributed by atoms with E-state index >= 15 is 0 Å². The van der Waals surface area contributed by atoms with Crippen LogP contribution in [0.25, 0.3) is 0 Å². The van der Waals surface area contributed by atoms with Gasteiger partial charge in [0.25, 0.3) is 0 Å². The Hall–Kier alpha value is -2.67. The molecule has 0 aliphatic carbocycles. The maximum absolute atomic E-state index is 12.2. The number of halogens is 2. The largest absolute Gasteiger partial charge is 0.435 e. The second-order valence-electron chi connectivity index (χ2n) is 4.65. The second-order valence-corrected chi connectivity index (χ2v) is 4.65. The number of alkyl halides is 2. The first-order chi connectivity index (χ1) is 11.1. The number of hydrogen-bond donors (Lipinski definition) is 3. The summed E-state index contributed by atoms with van der Waals surface area (Å²) >= 11 is 0. The van der Waals surface area contributed by atoms with Gasteiger partial charge in [-0.2, -0.15) is 8.78 Å². The van der Waals surface area contributed by atoms with Crippen LogP contribution in [-0.4, -0.2) is 24.4 Å². The number of carbonyl (C=O) groups is 1. The number of ether oxygens (including phenoxy) is 1. The molecule has 0 saturated heterocycles. The molecule has 0 bridgehead atoms. The minimum Gasteiger partial charge on any atom is -0.435 e. The fourth-order valence-electron chi connectivity index (χ4n) is 2.00. The Bertz CT molecular complexity index is 638. The summed E-state index contributed by atoms with van der Waals surface area (Å²) in [6.45, 7) is -3.21.